The Balaban J connectivity index is 2.08. The van der Waals surface area contributed by atoms with E-state index in [0.29, 0.717) is 11.5 Å². The number of phenolic OH excluding ortho intramolecular Hbond substituents is 2. The molecule has 0 amide bonds. The van der Waals surface area contributed by atoms with Gasteiger partial charge in [-0.2, -0.15) is 0 Å². The number of benzene rings is 2. The fourth-order valence-electron chi connectivity index (χ4n) is 1.93. The second-order valence-electron chi connectivity index (χ2n) is 4.58. The van der Waals surface area contributed by atoms with Crippen LogP contribution >= 0.6 is 0 Å². The van der Waals surface area contributed by atoms with E-state index >= 15 is 0 Å². The van der Waals surface area contributed by atoms with Crippen molar-refractivity contribution in [2.24, 2.45) is 0 Å². The van der Waals surface area contributed by atoms with Crippen molar-refractivity contribution >= 4 is 12.2 Å². The van der Waals surface area contributed by atoms with E-state index in [2.05, 4.69) is 0 Å². The predicted molar refractivity (Wildman–Crippen MR) is 87.4 cm³/mol. The molecule has 2 aromatic rings. The van der Waals surface area contributed by atoms with E-state index in [9.17, 15) is 10.2 Å². The Hall–Kier alpha value is -2.88. The van der Waals surface area contributed by atoms with E-state index in [4.69, 9.17) is 9.47 Å². The van der Waals surface area contributed by atoms with Gasteiger partial charge in [-0.25, -0.2) is 0 Å². The average molecular weight is 298 g/mol. The normalized spacial score (nSPS) is 11.2. The maximum atomic E-state index is 9.53. The van der Waals surface area contributed by atoms with Crippen LogP contribution in [0.1, 0.15) is 11.1 Å². The number of rotatable bonds is 5. The van der Waals surface area contributed by atoms with Gasteiger partial charge < -0.3 is 19.7 Å². The fraction of sp³-hybridized carbons (Fsp3) is 0.111. The van der Waals surface area contributed by atoms with Crippen LogP contribution in [-0.4, -0.2) is 24.4 Å². The summed E-state index contributed by atoms with van der Waals surface area (Å²) in [7, 11) is 3.03. The second kappa shape index (κ2) is 7.22. The number of hydrogen-bond donors (Lipinski definition) is 2. The van der Waals surface area contributed by atoms with E-state index in [1.165, 1.54) is 14.2 Å². The van der Waals surface area contributed by atoms with Crippen molar-refractivity contribution in [2.45, 2.75) is 0 Å². The number of phenols is 2. The lowest BCUT2D eigenvalue weighted by atomic mass is 10.1. The van der Waals surface area contributed by atoms with Crippen LogP contribution in [-0.2, 0) is 0 Å². The molecule has 0 bridgehead atoms. The highest BCUT2D eigenvalue weighted by Gasteiger charge is 2.00. The van der Waals surface area contributed by atoms with E-state index < -0.39 is 0 Å². The smallest absolute Gasteiger partial charge is 0.161 e. The number of methoxy groups -OCH3 is 2. The van der Waals surface area contributed by atoms with Gasteiger partial charge in [0.15, 0.2) is 23.0 Å². The van der Waals surface area contributed by atoms with Gasteiger partial charge in [0.25, 0.3) is 0 Å². The van der Waals surface area contributed by atoms with Crippen LogP contribution in [0, 0.1) is 0 Å². The molecule has 0 unspecified atom stereocenters. The van der Waals surface area contributed by atoms with Crippen molar-refractivity contribution in [1.82, 2.24) is 0 Å². The maximum absolute atomic E-state index is 9.53. The predicted octanol–water partition coefficient (Wildman–Crippen LogP) is 3.84. The highest BCUT2D eigenvalue weighted by Crippen LogP contribution is 2.27. The summed E-state index contributed by atoms with van der Waals surface area (Å²) in [4.78, 5) is 0. The Morgan fingerprint density at radius 2 is 1.14 bits per heavy atom. The third-order valence-corrected chi connectivity index (χ3v) is 3.10. The minimum Gasteiger partial charge on any atom is -0.504 e. The van der Waals surface area contributed by atoms with Crippen molar-refractivity contribution < 1.29 is 19.7 Å². The molecule has 0 radical (unpaired) electrons. The van der Waals surface area contributed by atoms with E-state index in [1.807, 2.05) is 24.3 Å². The molecule has 2 N–H and O–H groups in total. The Morgan fingerprint density at radius 1 is 0.727 bits per heavy atom. The van der Waals surface area contributed by atoms with Gasteiger partial charge in [0.1, 0.15) is 0 Å². The molecule has 0 spiro atoms. The van der Waals surface area contributed by atoms with E-state index in [0.717, 1.165) is 11.1 Å². The second-order valence-corrected chi connectivity index (χ2v) is 4.58. The Morgan fingerprint density at radius 3 is 1.50 bits per heavy atom. The third kappa shape index (κ3) is 3.82. The molecule has 0 heterocycles. The van der Waals surface area contributed by atoms with Gasteiger partial charge in [0.2, 0.25) is 0 Å². The first-order valence-corrected chi connectivity index (χ1v) is 6.73. The molecular weight excluding hydrogens is 280 g/mol. The molecule has 0 atom stereocenters. The van der Waals surface area contributed by atoms with Gasteiger partial charge in [0, 0.05) is 0 Å². The third-order valence-electron chi connectivity index (χ3n) is 3.10. The number of ether oxygens (including phenoxy) is 2. The standard InChI is InChI=1S/C18H18O4/c1-21-17-11-13(7-9-15(17)19)5-3-4-6-14-8-10-16(20)18(12-14)22-2/h3-12,19-20H,1-2H3/b5-3+,6-4+. The van der Waals surface area contributed by atoms with E-state index in [-0.39, 0.29) is 11.5 Å². The molecular formula is C18H18O4. The summed E-state index contributed by atoms with van der Waals surface area (Å²) < 4.78 is 10.1. The largest absolute Gasteiger partial charge is 0.504 e. The van der Waals surface area contributed by atoms with Gasteiger partial charge >= 0.3 is 0 Å². The summed E-state index contributed by atoms with van der Waals surface area (Å²) in [5.74, 6) is 1.11. The highest BCUT2D eigenvalue weighted by atomic mass is 16.5. The highest BCUT2D eigenvalue weighted by molar-refractivity contribution is 5.61. The zero-order chi connectivity index (χ0) is 15.9. The molecule has 0 aromatic heterocycles. The quantitative estimate of drug-likeness (QED) is 0.823. The molecule has 2 rings (SSSR count). The number of hydrogen-bond acceptors (Lipinski definition) is 4. The van der Waals surface area contributed by atoms with Crippen LogP contribution < -0.4 is 9.47 Å². The minimum atomic E-state index is 0.117. The van der Waals surface area contributed by atoms with Crippen LogP contribution in [0.2, 0.25) is 0 Å². The lowest BCUT2D eigenvalue weighted by Crippen LogP contribution is -1.84. The van der Waals surface area contributed by atoms with Crippen molar-refractivity contribution in [1.29, 1.82) is 0 Å². The van der Waals surface area contributed by atoms with Gasteiger partial charge in [-0.3, -0.25) is 0 Å². The van der Waals surface area contributed by atoms with Gasteiger partial charge in [-0.1, -0.05) is 36.4 Å². The lowest BCUT2D eigenvalue weighted by Gasteiger charge is -2.03. The summed E-state index contributed by atoms with van der Waals surface area (Å²) in [6.45, 7) is 0. The van der Waals surface area contributed by atoms with Gasteiger partial charge in [-0.05, 0) is 35.4 Å². The monoisotopic (exact) mass is 298 g/mol. The van der Waals surface area contributed by atoms with Crippen molar-refractivity contribution in [3.05, 3.63) is 59.7 Å². The molecule has 114 valence electrons. The minimum absolute atomic E-state index is 0.117. The van der Waals surface area contributed by atoms with Gasteiger partial charge in [0.05, 0.1) is 14.2 Å². The zero-order valence-electron chi connectivity index (χ0n) is 12.5. The SMILES string of the molecule is COc1cc(/C=C/C=C/c2ccc(O)c(OC)c2)ccc1O. The Kier molecular flexibility index (Phi) is 5.09. The fourth-order valence-corrected chi connectivity index (χ4v) is 1.93. The zero-order valence-corrected chi connectivity index (χ0v) is 12.5. The Bertz CT molecular complexity index is 641. The first kappa shape index (κ1) is 15.5. The Labute approximate surface area is 129 Å². The van der Waals surface area contributed by atoms with Crippen LogP contribution in [0.15, 0.2) is 48.6 Å². The summed E-state index contributed by atoms with van der Waals surface area (Å²) >= 11 is 0. The van der Waals surface area contributed by atoms with Crippen LogP contribution in [0.4, 0.5) is 0 Å². The molecule has 0 fully saturated rings. The van der Waals surface area contributed by atoms with E-state index in [1.54, 1.807) is 36.4 Å². The lowest BCUT2D eigenvalue weighted by molar-refractivity contribution is 0.373. The molecule has 22 heavy (non-hydrogen) atoms. The molecule has 4 heteroatoms. The molecule has 0 aliphatic carbocycles. The first-order valence-electron chi connectivity index (χ1n) is 6.73. The molecule has 4 nitrogen and oxygen atoms in total. The van der Waals surface area contributed by atoms with Crippen LogP contribution in [0.5, 0.6) is 23.0 Å². The molecule has 0 aliphatic rings. The molecule has 0 aliphatic heterocycles. The summed E-state index contributed by atoms with van der Waals surface area (Å²) in [5.41, 5.74) is 1.84. The van der Waals surface area contributed by atoms with Crippen LogP contribution in [0.25, 0.3) is 12.2 Å². The summed E-state index contributed by atoms with van der Waals surface area (Å²) in [6.07, 6.45) is 7.56. The molecule has 0 saturated carbocycles. The average Bonchev–Trinajstić information content (AvgIpc) is 2.54. The summed E-state index contributed by atoms with van der Waals surface area (Å²) in [5, 5.41) is 19.1. The molecule has 0 saturated heterocycles. The van der Waals surface area contributed by atoms with Crippen molar-refractivity contribution in [3.8, 4) is 23.0 Å². The van der Waals surface area contributed by atoms with Crippen LogP contribution in [0.3, 0.4) is 0 Å². The maximum Gasteiger partial charge on any atom is 0.161 e. The number of aromatic hydroxyl groups is 2. The first-order chi connectivity index (χ1) is 10.6. The summed E-state index contributed by atoms with van der Waals surface area (Å²) in [6, 6.07) is 10.3. The topological polar surface area (TPSA) is 58.9 Å². The van der Waals surface area contributed by atoms with Gasteiger partial charge in [-0.15, -0.1) is 0 Å². The molecule has 2 aromatic carbocycles. The number of allylic oxidation sites excluding steroid dienone is 2. The van der Waals surface area contributed by atoms with Crippen molar-refractivity contribution in [2.75, 3.05) is 14.2 Å². The van der Waals surface area contributed by atoms with Crippen molar-refractivity contribution in [3.63, 3.8) is 0 Å².